The van der Waals surface area contributed by atoms with Crippen molar-refractivity contribution in [1.82, 2.24) is 5.43 Å². The summed E-state index contributed by atoms with van der Waals surface area (Å²) in [6.45, 7) is 0. The minimum atomic E-state index is -0.216. The molecule has 2 nitrogen and oxygen atoms in total. The van der Waals surface area contributed by atoms with Gasteiger partial charge in [0.15, 0.2) is 0 Å². The molecule has 0 saturated heterocycles. The second-order valence-electron chi connectivity index (χ2n) is 4.74. The molecule has 4 heteroatoms. The quantitative estimate of drug-likeness (QED) is 0.565. The van der Waals surface area contributed by atoms with E-state index in [-0.39, 0.29) is 11.9 Å². The number of hydrogen-bond acceptors (Lipinski definition) is 3. The number of nitrogens with two attached hydrogens (primary N) is 1. The van der Waals surface area contributed by atoms with Gasteiger partial charge in [-0.2, -0.15) is 0 Å². The largest absolute Gasteiger partial charge is 0.271 e. The molecule has 0 amide bonds. The van der Waals surface area contributed by atoms with E-state index >= 15 is 0 Å². The average molecular weight is 286 g/mol. The summed E-state index contributed by atoms with van der Waals surface area (Å²) in [4.78, 5) is 0. The van der Waals surface area contributed by atoms with Crippen LogP contribution in [0.2, 0.25) is 0 Å². The predicted octanol–water partition coefficient (Wildman–Crippen LogP) is 3.79. The van der Waals surface area contributed by atoms with E-state index in [4.69, 9.17) is 5.84 Å². The standard InChI is InChI=1S/C16H15FN2S/c17-12-7-5-11(6-8-12)9-15(19-18)14-10-20-16-4-2-1-3-13(14)16/h1-8,10,15,19H,9,18H2. The molecule has 1 atom stereocenters. The summed E-state index contributed by atoms with van der Waals surface area (Å²) in [6.07, 6.45) is 0.734. The highest BCUT2D eigenvalue weighted by Crippen LogP contribution is 2.31. The fourth-order valence-corrected chi connectivity index (χ4v) is 3.40. The van der Waals surface area contributed by atoms with Gasteiger partial charge in [0.05, 0.1) is 6.04 Å². The fraction of sp³-hybridized carbons (Fsp3) is 0.125. The van der Waals surface area contributed by atoms with Gasteiger partial charge in [-0.05, 0) is 46.5 Å². The zero-order valence-corrected chi connectivity index (χ0v) is 11.7. The molecule has 0 fully saturated rings. The van der Waals surface area contributed by atoms with Crippen molar-refractivity contribution in [3.63, 3.8) is 0 Å². The van der Waals surface area contributed by atoms with Crippen molar-refractivity contribution in [2.45, 2.75) is 12.5 Å². The number of nitrogens with one attached hydrogen (secondary N) is 1. The van der Waals surface area contributed by atoms with Gasteiger partial charge >= 0.3 is 0 Å². The van der Waals surface area contributed by atoms with Gasteiger partial charge in [-0.3, -0.25) is 11.3 Å². The van der Waals surface area contributed by atoms with Gasteiger partial charge in [0, 0.05) is 4.70 Å². The molecule has 1 aromatic heterocycles. The van der Waals surface area contributed by atoms with Crippen LogP contribution >= 0.6 is 11.3 Å². The summed E-state index contributed by atoms with van der Waals surface area (Å²) < 4.78 is 14.2. The first kappa shape index (κ1) is 13.2. The number of thiophene rings is 1. The number of benzene rings is 2. The Hall–Kier alpha value is -1.75. The molecular formula is C16H15FN2S. The van der Waals surface area contributed by atoms with Crippen molar-refractivity contribution in [3.05, 3.63) is 70.9 Å². The third-order valence-electron chi connectivity index (χ3n) is 3.44. The zero-order chi connectivity index (χ0) is 13.9. The van der Waals surface area contributed by atoms with Gasteiger partial charge in [-0.15, -0.1) is 11.3 Å². The van der Waals surface area contributed by atoms with E-state index in [0.717, 1.165) is 12.0 Å². The molecular weight excluding hydrogens is 271 g/mol. The maximum Gasteiger partial charge on any atom is 0.123 e. The van der Waals surface area contributed by atoms with Crippen molar-refractivity contribution < 1.29 is 4.39 Å². The Balaban J connectivity index is 1.91. The second-order valence-corrected chi connectivity index (χ2v) is 5.65. The van der Waals surface area contributed by atoms with Crippen molar-refractivity contribution in [3.8, 4) is 0 Å². The first-order valence-corrected chi connectivity index (χ1v) is 7.32. The Morgan fingerprint density at radius 1 is 1.10 bits per heavy atom. The Bertz CT molecular complexity index is 706. The number of fused-ring (bicyclic) bond motifs is 1. The highest BCUT2D eigenvalue weighted by molar-refractivity contribution is 7.17. The summed E-state index contributed by atoms with van der Waals surface area (Å²) in [7, 11) is 0. The highest BCUT2D eigenvalue weighted by Gasteiger charge is 2.15. The molecule has 3 N–H and O–H groups in total. The van der Waals surface area contributed by atoms with Gasteiger partial charge in [0.2, 0.25) is 0 Å². The van der Waals surface area contributed by atoms with Crippen molar-refractivity contribution in [2.75, 3.05) is 0 Å². The van der Waals surface area contributed by atoms with E-state index in [0.29, 0.717) is 0 Å². The Kier molecular flexibility index (Phi) is 3.78. The summed E-state index contributed by atoms with van der Waals surface area (Å²) in [5.74, 6) is 5.50. The van der Waals surface area contributed by atoms with E-state index in [1.807, 2.05) is 12.1 Å². The molecule has 0 saturated carbocycles. The van der Waals surface area contributed by atoms with Gasteiger partial charge in [-0.25, -0.2) is 4.39 Å². The molecule has 0 aliphatic rings. The smallest absolute Gasteiger partial charge is 0.123 e. The monoisotopic (exact) mass is 286 g/mol. The molecule has 1 heterocycles. The topological polar surface area (TPSA) is 38.0 Å². The molecule has 0 spiro atoms. The van der Waals surface area contributed by atoms with Gasteiger partial charge < -0.3 is 0 Å². The molecule has 102 valence electrons. The van der Waals surface area contributed by atoms with E-state index in [9.17, 15) is 4.39 Å². The second kappa shape index (κ2) is 5.71. The van der Waals surface area contributed by atoms with Gasteiger partial charge in [0.25, 0.3) is 0 Å². The predicted molar refractivity (Wildman–Crippen MR) is 82.0 cm³/mol. The lowest BCUT2D eigenvalue weighted by molar-refractivity contribution is 0.555. The SMILES string of the molecule is NNC(Cc1ccc(F)cc1)c1csc2ccccc12. The summed E-state index contributed by atoms with van der Waals surface area (Å²) in [6, 6.07) is 14.9. The first-order chi connectivity index (χ1) is 9.78. The highest BCUT2D eigenvalue weighted by atomic mass is 32.1. The van der Waals surface area contributed by atoms with Crippen LogP contribution in [0.25, 0.3) is 10.1 Å². The van der Waals surface area contributed by atoms with Crippen LogP contribution in [0.1, 0.15) is 17.2 Å². The average Bonchev–Trinajstić information content (AvgIpc) is 2.91. The molecule has 0 bridgehead atoms. The molecule has 3 aromatic rings. The normalized spacial score (nSPS) is 12.7. The maximum absolute atomic E-state index is 12.9. The fourth-order valence-electron chi connectivity index (χ4n) is 2.38. The van der Waals surface area contributed by atoms with Crippen LogP contribution in [0.15, 0.2) is 53.9 Å². The minimum absolute atomic E-state index is 0.0246. The molecule has 0 aliphatic carbocycles. The molecule has 0 aliphatic heterocycles. The van der Waals surface area contributed by atoms with Gasteiger partial charge in [0.1, 0.15) is 5.82 Å². The number of rotatable bonds is 4. The third kappa shape index (κ3) is 2.58. The van der Waals surface area contributed by atoms with Gasteiger partial charge in [-0.1, -0.05) is 30.3 Å². The van der Waals surface area contributed by atoms with E-state index < -0.39 is 0 Å². The Labute approximate surface area is 121 Å². The molecule has 3 rings (SSSR count). The van der Waals surface area contributed by atoms with Crippen molar-refractivity contribution in [2.24, 2.45) is 5.84 Å². The molecule has 0 radical (unpaired) electrons. The lowest BCUT2D eigenvalue weighted by atomic mass is 9.99. The van der Waals surface area contributed by atoms with E-state index in [1.54, 1.807) is 23.5 Å². The molecule has 2 aromatic carbocycles. The van der Waals surface area contributed by atoms with Crippen molar-refractivity contribution >= 4 is 21.4 Å². The Morgan fingerprint density at radius 3 is 2.60 bits per heavy atom. The minimum Gasteiger partial charge on any atom is -0.271 e. The lowest BCUT2D eigenvalue weighted by Gasteiger charge is -2.15. The summed E-state index contributed by atoms with van der Waals surface area (Å²) in [5, 5.41) is 3.36. The zero-order valence-electron chi connectivity index (χ0n) is 10.8. The van der Waals surface area contributed by atoms with E-state index in [1.165, 1.54) is 27.8 Å². The molecule has 20 heavy (non-hydrogen) atoms. The van der Waals surface area contributed by atoms with Crippen LogP contribution in [0.5, 0.6) is 0 Å². The van der Waals surface area contributed by atoms with E-state index in [2.05, 4.69) is 22.9 Å². The van der Waals surface area contributed by atoms with Crippen LogP contribution < -0.4 is 11.3 Å². The summed E-state index contributed by atoms with van der Waals surface area (Å²) in [5.41, 5.74) is 5.12. The van der Waals surface area contributed by atoms with Crippen molar-refractivity contribution in [1.29, 1.82) is 0 Å². The van der Waals surface area contributed by atoms with Crippen LogP contribution in [0.4, 0.5) is 4.39 Å². The van der Waals surface area contributed by atoms with Crippen LogP contribution in [0, 0.1) is 5.82 Å². The molecule has 1 unspecified atom stereocenters. The number of hydrogen-bond donors (Lipinski definition) is 2. The third-order valence-corrected chi connectivity index (χ3v) is 4.42. The number of halogens is 1. The lowest BCUT2D eigenvalue weighted by Crippen LogP contribution is -2.29. The first-order valence-electron chi connectivity index (χ1n) is 6.44. The van der Waals surface area contributed by atoms with Crippen LogP contribution in [0.3, 0.4) is 0 Å². The maximum atomic E-state index is 12.9. The summed E-state index contributed by atoms with van der Waals surface area (Å²) >= 11 is 1.72. The number of hydrazine groups is 1. The Morgan fingerprint density at radius 2 is 1.85 bits per heavy atom. The van der Waals surface area contributed by atoms with Crippen LogP contribution in [-0.2, 0) is 6.42 Å². The van der Waals surface area contributed by atoms with Crippen LogP contribution in [-0.4, -0.2) is 0 Å².